The van der Waals surface area contributed by atoms with E-state index in [2.05, 4.69) is 16.0 Å². The van der Waals surface area contributed by atoms with Crippen LogP contribution in [0.15, 0.2) is 66.0 Å². The minimum Gasteiger partial charge on any atom is -0.479 e. The van der Waals surface area contributed by atoms with E-state index in [9.17, 15) is 14.4 Å². The summed E-state index contributed by atoms with van der Waals surface area (Å²) >= 11 is 1.31. The third kappa shape index (κ3) is 4.92. The molecule has 0 aliphatic carbocycles. The molecule has 0 radical (unpaired) electrons. The van der Waals surface area contributed by atoms with E-state index >= 15 is 0 Å². The van der Waals surface area contributed by atoms with Gasteiger partial charge >= 0.3 is 0 Å². The highest BCUT2D eigenvalue weighted by molar-refractivity contribution is 7.12. The number of hydrogen-bond acceptors (Lipinski definition) is 5. The first-order valence-corrected chi connectivity index (χ1v) is 10.7. The van der Waals surface area contributed by atoms with E-state index in [1.165, 1.54) is 11.3 Å². The molecular weight excluding hydrogens is 414 g/mol. The van der Waals surface area contributed by atoms with Crippen molar-refractivity contribution in [3.63, 3.8) is 0 Å². The van der Waals surface area contributed by atoms with Crippen molar-refractivity contribution in [1.29, 1.82) is 0 Å². The lowest BCUT2D eigenvalue weighted by atomic mass is 10.0. The van der Waals surface area contributed by atoms with Crippen LogP contribution in [0.2, 0.25) is 0 Å². The molecule has 2 unspecified atom stereocenters. The van der Waals surface area contributed by atoms with E-state index in [4.69, 9.17) is 4.74 Å². The number of ether oxygens (including phenoxy) is 1. The maximum absolute atomic E-state index is 13.1. The Balaban J connectivity index is 1.52. The van der Waals surface area contributed by atoms with Crippen molar-refractivity contribution in [2.45, 2.75) is 25.5 Å². The minimum atomic E-state index is -0.779. The van der Waals surface area contributed by atoms with Crippen molar-refractivity contribution in [3.05, 3.63) is 76.5 Å². The molecule has 1 aliphatic heterocycles. The van der Waals surface area contributed by atoms with Gasteiger partial charge in [-0.3, -0.25) is 14.4 Å². The fraction of sp³-hybridized carbons (Fsp3) is 0.174. The van der Waals surface area contributed by atoms with Gasteiger partial charge in [0.15, 0.2) is 6.10 Å². The molecule has 3 N–H and O–H groups in total. The van der Waals surface area contributed by atoms with E-state index in [-0.39, 0.29) is 17.7 Å². The first kappa shape index (κ1) is 20.6. The Kier molecular flexibility index (Phi) is 5.99. The molecule has 1 aliphatic rings. The van der Waals surface area contributed by atoms with Crippen LogP contribution in [-0.4, -0.2) is 29.9 Å². The Bertz CT molecular complexity index is 1100. The number of hydrogen-bond donors (Lipinski definition) is 3. The molecule has 3 amide bonds. The van der Waals surface area contributed by atoms with Crippen LogP contribution >= 0.6 is 11.3 Å². The van der Waals surface area contributed by atoms with Crippen molar-refractivity contribution in [3.8, 4) is 5.75 Å². The quantitative estimate of drug-likeness (QED) is 0.553. The standard InChI is InChI=1S/C23H21N3O4S/c1-14-21(27)25-17-13-16(9-10-19(17)30-14)24-22(28)18(12-15-6-3-2-4-7-15)26-23(29)20-8-5-11-31-20/h2-11,13-14,18H,12H2,1H3,(H,24,28)(H,25,27)(H,26,29). The normalized spacial score (nSPS) is 15.8. The molecule has 2 heterocycles. The van der Waals surface area contributed by atoms with Gasteiger partial charge in [0.05, 0.1) is 10.6 Å². The first-order valence-electron chi connectivity index (χ1n) is 9.80. The zero-order valence-corrected chi connectivity index (χ0v) is 17.6. The summed E-state index contributed by atoms with van der Waals surface area (Å²) in [6.45, 7) is 1.67. The van der Waals surface area contributed by atoms with Crippen molar-refractivity contribution in [1.82, 2.24) is 5.32 Å². The molecule has 4 rings (SSSR count). The summed E-state index contributed by atoms with van der Waals surface area (Å²) in [6.07, 6.45) is -0.234. The summed E-state index contributed by atoms with van der Waals surface area (Å²) < 4.78 is 5.54. The highest BCUT2D eigenvalue weighted by atomic mass is 32.1. The summed E-state index contributed by atoms with van der Waals surface area (Å²) in [5.41, 5.74) is 1.91. The van der Waals surface area contributed by atoms with Crippen LogP contribution in [0.1, 0.15) is 22.2 Å². The SMILES string of the molecule is CC1Oc2ccc(NC(=O)C(Cc3ccccc3)NC(=O)c3cccs3)cc2NC1=O. The number of nitrogens with one attached hydrogen (secondary N) is 3. The lowest BCUT2D eigenvalue weighted by molar-refractivity contribution is -0.122. The molecule has 3 aromatic rings. The second kappa shape index (κ2) is 9.01. The highest BCUT2D eigenvalue weighted by Gasteiger charge is 2.25. The number of carbonyl (C=O) groups excluding carboxylic acids is 3. The Morgan fingerprint density at radius 3 is 2.68 bits per heavy atom. The average molecular weight is 436 g/mol. The summed E-state index contributed by atoms with van der Waals surface area (Å²) in [6, 6.07) is 17.2. The first-order chi connectivity index (χ1) is 15.0. The van der Waals surface area contributed by atoms with Gasteiger partial charge in [0, 0.05) is 12.1 Å². The van der Waals surface area contributed by atoms with Crippen LogP contribution in [-0.2, 0) is 16.0 Å². The van der Waals surface area contributed by atoms with Crippen molar-refractivity contribution in [2.24, 2.45) is 0 Å². The predicted molar refractivity (Wildman–Crippen MR) is 120 cm³/mol. The summed E-state index contributed by atoms with van der Waals surface area (Å²) in [4.78, 5) is 38.0. The predicted octanol–water partition coefficient (Wildman–Crippen LogP) is 3.45. The molecule has 1 aromatic heterocycles. The fourth-order valence-electron chi connectivity index (χ4n) is 3.21. The van der Waals surface area contributed by atoms with E-state index in [0.29, 0.717) is 28.4 Å². The second-order valence-electron chi connectivity index (χ2n) is 7.14. The summed E-state index contributed by atoms with van der Waals surface area (Å²) in [5, 5.41) is 10.2. The molecule has 31 heavy (non-hydrogen) atoms. The van der Waals surface area contributed by atoms with Gasteiger partial charge in [-0.25, -0.2) is 0 Å². The largest absolute Gasteiger partial charge is 0.479 e. The summed E-state index contributed by atoms with van der Waals surface area (Å²) in [5.74, 6) is -0.366. The van der Waals surface area contributed by atoms with Gasteiger partial charge in [0.25, 0.3) is 11.8 Å². The zero-order chi connectivity index (χ0) is 21.8. The molecular formula is C23H21N3O4S. The second-order valence-corrected chi connectivity index (χ2v) is 8.09. The third-order valence-corrected chi connectivity index (χ3v) is 5.70. The number of amides is 3. The number of carbonyl (C=O) groups is 3. The number of rotatable bonds is 6. The third-order valence-electron chi connectivity index (χ3n) is 4.83. The lowest BCUT2D eigenvalue weighted by Gasteiger charge is -2.24. The fourth-order valence-corrected chi connectivity index (χ4v) is 3.84. The molecule has 0 saturated carbocycles. The smallest absolute Gasteiger partial charge is 0.265 e. The molecule has 0 spiro atoms. The van der Waals surface area contributed by atoms with Gasteiger partial charge in [0.1, 0.15) is 11.8 Å². The van der Waals surface area contributed by atoms with Crippen molar-refractivity contribution < 1.29 is 19.1 Å². The van der Waals surface area contributed by atoms with Crippen molar-refractivity contribution >= 4 is 40.4 Å². The van der Waals surface area contributed by atoms with Gasteiger partial charge in [-0.15, -0.1) is 11.3 Å². The minimum absolute atomic E-state index is 0.249. The Labute approximate surface area is 183 Å². The van der Waals surface area contributed by atoms with E-state index < -0.39 is 12.1 Å². The van der Waals surface area contributed by atoms with E-state index in [1.807, 2.05) is 35.7 Å². The van der Waals surface area contributed by atoms with Crippen LogP contribution < -0.4 is 20.7 Å². The molecule has 0 saturated heterocycles. The van der Waals surface area contributed by atoms with Gasteiger partial charge in [0.2, 0.25) is 5.91 Å². The topological polar surface area (TPSA) is 96.5 Å². The van der Waals surface area contributed by atoms with Gasteiger partial charge in [-0.2, -0.15) is 0 Å². The van der Waals surface area contributed by atoms with Crippen LogP contribution in [0.25, 0.3) is 0 Å². The zero-order valence-electron chi connectivity index (χ0n) is 16.8. The van der Waals surface area contributed by atoms with Crippen LogP contribution in [0.4, 0.5) is 11.4 Å². The van der Waals surface area contributed by atoms with Gasteiger partial charge in [-0.05, 0) is 42.1 Å². The van der Waals surface area contributed by atoms with E-state index in [1.54, 1.807) is 37.3 Å². The molecule has 2 aromatic carbocycles. The molecule has 8 heteroatoms. The molecule has 0 bridgehead atoms. The van der Waals surface area contributed by atoms with Gasteiger partial charge in [-0.1, -0.05) is 36.4 Å². The van der Waals surface area contributed by atoms with Crippen LogP contribution in [0, 0.1) is 0 Å². The number of benzene rings is 2. The lowest BCUT2D eigenvalue weighted by Crippen LogP contribution is -2.45. The van der Waals surface area contributed by atoms with Gasteiger partial charge < -0.3 is 20.7 Å². The molecule has 7 nitrogen and oxygen atoms in total. The highest BCUT2D eigenvalue weighted by Crippen LogP contribution is 2.32. The Morgan fingerprint density at radius 2 is 1.94 bits per heavy atom. The van der Waals surface area contributed by atoms with Crippen LogP contribution in [0.5, 0.6) is 5.75 Å². The average Bonchev–Trinajstić information content (AvgIpc) is 3.30. The molecule has 158 valence electrons. The van der Waals surface area contributed by atoms with Crippen molar-refractivity contribution in [2.75, 3.05) is 10.6 Å². The van der Waals surface area contributed by atoms with E-state index in [0.717, 1.165) is 5.56 Å². The summed E-state index contributed by atoms with van der Waals surface area (Å²) in [7, 11) is 0. The Morgan fingerprint density at radius 1 is 1.13 bits per heavy atom. The maximum atomic E-state index is 13.1. The molecule has 0 fully saturated rings. The number of anilines is 2. The number of fused-ring (bicyclic) bond motifs is 1. The monoisotopic (exact) mass is 435 g/mol. The molecule has 2 atom stereocenters. The number of thiophene rings is 1. The Hall–Kier alpha value is -3.65. The maximum Gasteiger partial charge on any atom is 0.265 e. The van der Waals surface area contributed by atoms with Crippen LogP contribution in [0.3, 0.4) is 0 Å².